The highest BCUT2D eigenvalue weighted by Gasteiger charge is 2.18. The lowest BCUT2D eigenvalue weighted by Gasteiger charge is -2.17. The lowest BCUT2D eigenvalue weighted by Crippen LogP contribution is -2.30. The standard InChI is InChI=1S/C17H20N2O2S2/c1-12(15-10-13-6-2-3-7-14(13)21-15)18-16(20)11-23-17(22)19-8-4-5-9-19/h2-3,6-7,10,12H,4-5,8-9,11H2,1H3,(H,18,20)/t12-/m0/s1. The molecular formula is C17H20N2O2S2. The van der Waals surface area contributed by atoms with Crippen molar-refractivity contribution < 1.29 is 9.21 Å². The van der Waals surface area contributed by atoms with Gasteiger partial charge >= 0.3 is 0 Å². The van der Waals surface area contributed by atoms with Crippen LogP contribution in [0.25, 0.3) is 11.0 Å². The number of hydrogen-bond donors (Lipinski definition) is 1. The van der Waals surface area contributed by atoms with Crippen LogP contribution >= 0.6 is 24.0 Å². The van der Waals surface area contributed by atoms with Crippen molar-refractivity contribution in [2.45, 2.75) is 25.8 Å². The molecule has 1 N–H and O–H groups in total. The summed E-state index contributed by atoms with van der Waals surface area (Å²) in [6.07, 6.45) is 2.38. The fourth-order valence-corrected chi connectivity index (χ4v) is 3.75. The van der Waals surface area contributed by atoms with Gasteiger partial charge < -0.3 is 14.6 Å². The molecule has 6 heteroatoms. The average Bonchev–Trinajstić information content (AvgIpc) is 3.21. The summed E-state index contributed by atoms with van der Waals surface area (Å²) in [6.45, 7) is 3.96. The van der Waals surface area contributed by atoms with Crippen LogP contribution in [0.3, 0.4) is 0 Å². The van der Waals surface area contributed by atoms with Gasteiger partial charge in [-0.1, -0.05) is 42.2 Å². The zero-order chi connectivity index (χ0) is 16.2. The molecule has 1 atom stereocenters. The fourth-order valence-electron chi connectivity index (χ4n) is 2.69. The third kappa shape index (κ3) is 4.06. The number of hydrogen-bond acceptors (Lipinski definition) is 4. The van der Waals surface area contributed by atoms with Crippen LogP contribution in [0.5, 0.6) is 0 Å². The molecule has 1 aromatic carbocycles. The zero-order valence-electron chi connectivity index (χ0n) is 13.1. The van der Waals surface area contributed by atoms with Crippen molar-refractivity contribution >= 4 is 45.2 Å². The molecular weight excluding hydrogens is 328 g/mol. The molecule has 1 saturated heterocycles. The maximum absolute atomic E-state index is 12.1. The Balaban J connectivity index is 1.51. The maximum atomic E-state index is 12.1. The summed E-state index contributed by atoms with van der Waals surface area (Å²) in [5.74, 6) is 1.09. The van der Waals surface area contributed by atoms with Crippen molar-refractivity contribution in [3.63, 3.8) is 0 Å². The predicted octanol–water partition coefficient (Wildman–Crippen LogP) is 3.72. The smallest absolute Gasteiger partial charge is 0.231 e. The summed E-state index contributed by atoms with van der Waals surface area (Å²) >= 11 is 6.81. The summed E-state index contributed by atoms with van der Waals surface area (Å²) < 4.78 is 6.61. The van der Waals surface area contributed by atoms with Gasteiger partial charge in [0.2, 0.25) is 5.91 Å². The quantitative estimate of drug-likeness (QED) is 0.853. The number of thioether (sulfide) groups is 1. The third-order valence-electron chi connectivity index (χ3n) is 3.94. The Bertz CT molecular complexity index is 674. The highest BCUT2D eigenvalue weighted by atomic mass is 32.2. The molecule has 1 aromatic heterocycles. The summed E-state index contributed by atoms with van der Waals surface area (Å²) in [5.41, 5.74) is 0.841. The molecule has 0 bridgehead atoms. The first-order valence-corrected chi connectivity index (χ1v) is 9.22. The highest BCUT2D eigenvalue weighted by Crippen LogP contribution is 2.23. The molecule has 0 saturated carbocycles. The number of carbonyl (C=O) groups excluding carboxylic acids is 1. The van der Waals surface area contributed by atoms with Gasteiger partial charge in [0, 0.05) is 18.5 Å². The number of fused-ring (bicyclic) bond motifs is 1. The molecule has 2 aromatic rings. The molecule has 0 unspecified atom stereocenters. The van der Waals surface area contributed by atoms with Crippen LogP contribution < -0.4 is 5.32 Å². The van der Waals surface area contributed by atoms with Crippen LogP contribution in [0.1, 0.15) is 31.6 Å². The lowest BCUT2D eigenvalue weighted by molar-refractivity contribution is -0.119. The number of furan rings is 1. The Labute approximate surface area is 145 Å². The highest BCUT2D eigenvalue weighted by molar-refractivity contribution is 8.23. The first-order chi connectivity index (χ1) is 11.1. The molecule has 2 heterocycles. The minimum atomic E-state index is -0.157. The number of rotatable bonds is 4. The van der Waals surface area contributed by atoms with E-state index in [1.807, 2.05) is 37.3 Å². The Morgan fingerprint density at radius 3 is 2.87 bits per heavy atom. The fraction of sp³-hybridized carbons (Fsp3) is 0.412. The van der Waals surface area contributed by atoms with E-state index in [2.05, 4.69) is 10.2 Å². The number of amides is 1. The van der Waals surface area contributed by atoms with Gasteiger partial charge in [0.05, 0.1) is 11.8 Å². The summed E-state index contributed by atoms with van der Waals surface area (Å²) in [4.78, 5) is 14.3. The summed E-state index contributed by atoms with van der Waals surface area (Å²) in [5, 5.41) is 4.02. The van der Waals surface area contributed by atoms with Gasteiger partial charge in [-0.05, 0) is 31.9 Å². The first kappa shape index (κ1) is 16.3. The molecule has 0 aliphatic carbocycles. The van der Waals surface area contributed by atoms with E-state index >= 15 is 0 Å². The number of carbonyl (C=O) groups is 1. The van der Waals surface area contributed by atoms with E-state index in [1.54, 1.807) is 0 Å². The van der Waals surface area contributed by atoms with Crippen molar-refractivity contribution in [3.05, 3.63) is 36.1 Å². The van der Waals surface area contributed by atoms with Crippen molar-refractivity contribution in [1.29, 1.82) is 0 Å². The van der Waals surface area contributed by atoms with Crippen molar-refractivity contribution in [2.75, 3.05) is 18.8 Å². The minimum absolute atomic E-state index is 0.0236. The van der Waals surface area contributed by atoms with E-state index in [0.29, 0.717) is 5.75 Å². The molecule has 1 aliphatic rings. The van der Waals surface area contributed by atoms with E-state index in [9.17, 15) is 4.79 Å². The second-order valence-corrected chi connectivity index (χ2v) is 7.33. The van der Waals surface area contributed by atoms with Gasteiger partial charge in [-0.25, -0.2) is 0 Å². The van der Waals surface area contributed by atoms with Crippen LogP contribution in [0.4, 0.5) is 0 Å². The van der Waals surface area contributed by atoms with Crippen LogP contribution in [0, 0.1) is 0 Å². The summed E-state index contributed by atoms with van der Waals surface area (Å²) in [7, 11) is 0. The number of para-hydroxylation sites is 1. The SMILES string of the molecule is C[C@H](NC(=O)CSC(=S)N1CCCC1)c1cc2ccccc2o1. The van der Waals surface area contributed by atoms with Crippen molar-refractivity contribution in [2.24, 2.45) is 0 Å². The van der Waals surface area contributed by atoms with Crippen LogP contribution in [-0.4, -0.2) is 34.0 Å². The second-order valence-electron chi connectivity index (χ2n) is 5.72. The molecule has 0 radical (unpaired) electrons. The summed E-state index contributed by atoms with van der Waals surface area (Å²) in [6, 6.07) is 9.66. The van der Waals surface area contributed by atoms with E-state index in [0.717, 1.165) is 34.1 Å². The second kappa shape index (κ2) is 7.36. The van der Waals surface area contributed by atoms with Gasteiger partial charge in [-0.3, -0.25) is 4.79 Å². The zero-order valence-corrected chi connectivity index (χ0v) is 14.7. The Morgan fingerprint density at radius 2 is 2.13 bits per heavy atom. The molecule has 122 valence electrons. The number of benzene rings is 1. The van der Waals surface area contributed by atoms with Gasteiger partial charge in [0.1, 0.15) is 15.7 Å². The number of thiocarbonyl (C=S) groups is 1. The van der Waals surface area contributed by atoms with Crippen LogP contribution in [0.15, 0.2) is 34.7 Å². The van der Waals surface area contributed by atoms with Crippen LogP contribution in [-0.2, 0) is 4.79 Å². The minimum Gasteiger partial charge on any atom is -0.459 e. The normalized spacial score (nSPS) is 15.8. The van der Waals surface area contributed by atoms with Crippen molar-refractivity contribution in [1.82, 2.24) is 10.2 Å². The average molecular weight is 348 g/mol. The van der Waals surface area contributed by atoms with Gasteiger partial charge in [0.25, 0.3) is 0 Å². The number of likely N-dealkylation sites (tertiary alicyclic amines) is 1. The Morgan fingerprint density at radius 1 is 1.39 bits per heavy atom. The third-order valence-corrected chi connectivity index (χ3v) is 5.46. The molecule has 1 aliphatic heterocycles. The van der Waals surface area contributed by atoms with E-state index in [-0.39, 0.29) is 11.9 Å². The largest absolute Gasteiger partial charge is 0.459 e. The van der Waals surface area contributed by atoms with Crippen molar-refractivity contribution in [3.8, 4) is 0 Å². The molecule has 3 rings (SSSR count). The number of nitrogens with zero attached hydrogens (tertiary/aromatic N) is 1. The molecule has 1 fully saturated rings. The van der Waals surface area contributed by atoms with Gasteiger partial charge in [0.15, 0.2) is 0 Å². The van der Waals surface area contributed by atoms with E-state index in [1.165, 1.54) is 24.6 Å². The monoisotopic (exact) mass is 348 g/mol. The predicted molar refractivity (Wildman–Crippen MR) is 98.6 cm³/mol. The Hall–Kier alpha value is -1.53. The Kier molecular flexibility index (Phi) is 5.23. The van der Waals surface area contributed by atoms with Gasteiger partial charge in [-0.15, -0.1) is 0 Å². The lowest BCUT2D eigenvalue weighted by atomic mass is 10.2. The molecule has 0 spiro atoms. The molecule has 1 amide bonds. The van der Waals surface area contributed by atoms with Crippen LogP contribution in [0.2, 0.25) is 0 Å². The van der Waals surface area contributed by atoms with E-state index in [4.69, 9.17) is 16.6 Å². The first-order valence-electron chi connectivity index (χ1n) is 7.83. The van der Waals surface area contributed by atoms with Gasteiger partial charge in [-0.2, -0.15) is 0 Å². The van der Waals surface area contributed by atoms with E-state index < -0.39 is 0 Å². The molecule has 4 nitrogen and oxygen atoms in total. The number of nitrogens with one attached hydrogen (secondary N) is 1. The maximum Gasteiger partial charge on any atom is 0.231 e. The molecule has 23 heavy (non-hydrogen) atoms. The topological polar surface area (TPSA) is 45.5 Å².